The highest BCUT2D eigenvalue weighted by molar-refractivity contribution is 14.1. The summed E-state index contributed by atoms with van der Waals surface area (Å²) in [6.07, 6.45) is 0. The van der Waals surface area contributed by atoms with Gasteiger partial charge in [0.25, 0.3) is 0 Å². The van der Waals surface area contributed by atoms with Crippen LogP contribution in [0.2, 0.25) is 30.1 Å². The molecule has 0 aromatic heterocycles. The van der Waals surface area contributed by atoms with Gasteiger partial charge in [0, 0.05) is 15.1 Å². The molecule has 2 aromatic carbocycles. The molecule has 0 fully saturated rings. The normalized spacial score (nSPS) is 10.1. The Morgan fingerprint density at radius 1 is 0.476 bits per heavy atom. The van der Waals surface area contributed by atoms with Crippen molar-refractivity contribution in [1.82, 2.24) is 0 Å². The van der Waals surface area contributed by atoms with Crippen molar-refractivity contribution in [3.8, 4) is 0 Å². The van der Waals surface area contributed by atoms with Crippen molar-refractivity contribution < 1.29 is 0 Å². The quantitative estimate of drug-likeness (QED) is 0.144. The second kappa shape index (κ2) is 9.75. The van der Waals surface area contributed by atoms with Gasteiger partial charge in [-0.05, 0) is 86.0 Å². The zero-order valence-corrected chi connectivity index (χ0v) is 20.6. The summed E-state index contributed by atoms with van der Waals surface area (Å²) < 4.78 is 2.57. The minimum Gasteiger partial charge on any atom is -0.0842 e. The summed E-state index contributed by atoms with van der Waals surface area (Å²) in [5, 5.41) is 3.58. The van der Waals surface area contributed by atoms with Crippen molar-refractivity contribution in [3.63, 3.8) is 0 Å². The summed E-state index contributed by atoms with van der Waals surface area (Å²) in [5.41, 5.74) is 0. The lowest BCUT2D eigenvalue weighted by Crippen LogP contribution is -1.89. The van der Waals surface area contributed by atoms with E-state index in [2.05, 4.69) is 67.8 Å². The fourth-order valence-corrected chi connectivity index (χ4v) is 5.85. The van der Waals surface area contributed by atoms with Gasteiger partial charge in [0.1, 0.15) is 0 Å². The van der Waals surface area contributed by atoms with Crippen LogP contribution in [0.15, 0.2) is 18.2 Å². The van der Waals surface area contributed by atoms with E-state index in [-0.39, 0.29) is 0 Å². The smallest absolute Gasteiger partial charge is 0.0703 e. The van der Waals surface area contributed by atoms with Crippen molar-refractivity contribution in [1.29, 1.82) is 0 Å². The molecule has 2 aromatic rings. The van der Waals surface area contributed by atoms with Crippen LogP contribution in [0.3, 0.4) is 0 Å². The van der Waals surface area contributed by atoms with Crippen molar-refractivity contribution in [2.45, 2.75) is 0 Å². The topological polar surface area (TPSA) is 0 Å². The van der Waals surface area contributed by atoms with E-state index in [0.717, 1.165) is 10.7 Å². The summed E-state index contributed by atoms with van der Waals surface area (Å²) >= 11 is 41.0. The highest BCUT2D eigenvalue weighted by atomic mass is 127. The molecule has 0 amide bonds. The first kappa shape index (κ1) is 21.4. The van der Waals surface area contributed by atoms with Crippen molar-refractivity contribution in [3.05, 3.63) is 59.0 Å². The third kappa shape index (κ3) is 6.30. The third-order valence-corrected chi connectivity index (χ3v) is 8.92. The molecule has 114 valence electrons. The van der Waals surface area contributed by atoms with Gasteiger partial charge >= 0.3 is 0 Å². The first-order valence-electron chi connectivity index (χ1n) is 4.93. The lowest BCUT2D eigenvalue weighted by Gasteiger charge is -2.07. The van der Waals surface area contributed by atoms with Gasteiger partial charge in [0.05, 0.1) is 25.8 Å². The Kier molecular flexibility index (Phi) is 9.94. The maximum absolute atomic E-state index is 5.97. The number of halogens is 9. The van der Waals surface area contributed by atoms with Crippen LogP contribution in [0.1, 0.15) is 0 Å². The summed E-state index contributed by atoms with van der Waals surface area (Å²) in [6.45, 7) is 0. The van der Waals surface area contributed by atoms with Crippen LogP contribution < -0.4 is 0 Å². The predicted octanol–water partition coefficient (Wildman–Crippen LogP) is 9.11. The van der Waals surface area contributed by atoms with Gasteiger partial charge in [-0.25, -0.2) is 0 Å². The van der Waals surface area contributed by atoms with Gasteiger partial charge in [-0.3, -0.25) is 0 Å². The molecule has 0 saturated carbocycles. The van der Waals surface area contributed by atoms with Crippen LogP contribution in [-0.2, 0) is 0 Å². The third-order valence-electron chi connectivity index (χ3n) is 1.98. The Morgan fingerprint density at radius 3 is 0.857 bits per heavy atom. The molecule has 0 N–H and O–H groups in total. The number of hydrogen-bond acceptors (Lipinski definition) is 0. The standard InChI is InChI=1S/C6Cl3I3.C6H3Cl3/c7-1-4(10)2(8)6(12)3(9)5(1)11;7-4-1-5(8)3-6(9)2-4/h;1-3H. The largest absolute Gasteiger partial charge is 0.0842 e. The molecule has 0 saturated heterocycles. The summed E-state index contributed by atoms with van der Waals surface area (Å²) in [5.74, 6) is 0. The Balaban J connectivity index is 0.000000219. The molecule has 0 unspecified atom stereocenters. The second-order valence-corrected chi connectivity index (χ2v) is 9.15. The SMILES string of the molecule is Clc1c(I)c(Cl)c(I)c(Cl)c1I.Clc1cc(Cl)cc(Cl)c1. The Morgan fingerprint density at radius 2 is 0.667 bits per heavy atom. The van der Waals surface area contributed by atoms with E-state index >= 15 is 0 Å². The summed E-state index contributed by atoms with van der Waals surface area (Å²) in [4.78, 5) is 0. The molecule has 2 rings (SSSR count). The Hall–Kier alpha value is 2.37. The van der Waals surface area contributed by atoms with Crippen LogP contribution in [-0.4, -0.2) is 0 Å². The monoisotopic (exact) mass is 738 g/mol. The average Bonchev–Trinajstić information content (AvgIpc) is 2.40. The molecule has 0 aliphatic rings. The maximum Gasteiger partial charge on any atom is 0.0703 e. The lowest BCUT2D eigenvalue weighted by molar-refractivity contribution is 1.54. The Bertz CT molecular complexity index is 519. The first-order valence-corrected chi connectivity index (χ1v) is 10.4. The first-order chi connectivity index (χ1) is 9.65. The molecule has 21 heavy (non-hydrogen) atoms. The minimum atomic E-state index is 0.563. The van der Waals surface area contributed by atoms with Crippen molar-refractivity contribution in [2.75, 3.05) is 0 Å². The maximum atomic E-state index is 5.97. The molecule has 9 heteroatoms. The highest BCUT2D eigenvalue weighted by Gasteiger charge is 2.15. The van der Waals surface area contributed by atoms with Gasteiger partial charge in [-0.1, -0.05) is 69.6 Å². The Labute approximate surface area is 193 Å². The average molecular weight is 741 g/mol. The highest BCUT2D eigenvalue weighted by Crippen LogP contribution is 2.39. The van der Waals surface area contributed by atoms with E-state index in [1.807, 2.05) is 0 Å². The summed E-state index contributed by atoms with van der Waals surface area (Å²) in [7, 11) is 0. The van der Waals surface area contributed by atoms with E-state index in [9.17, 15) is 0 Å². The number of benzene rings is 2. The zero-order valence-electron chi connectivity index (χ0n) is 9.63. The van der Waals surface area contributed by atoms with Crippen LogP contribution >= 0.6 is 137 Å². The molecule has 0 nitrogen and oxygen atoms in total. The minimum absolute atomic E-state index is 0.563. The summed E-state index contributed by atoms with van der Waals surface area (Å²) in [6, 6.07) is 4.90. The molecule has 0 aliphatic carbocycles. The number of hydrogen-bond donors (Lipinski definition) is 0. The molecule has 0 atom stereocenters. The second-order valence-electron chi connectivity index (χ2n) is 3.47. The van der Waals surface area contributed by atoms with Crippen molar-refractivity contribution in [2.24, 2.45) is 0 Å². The van der Waals surface area contributed by atoms with E-state index in [0.29, 0.717) is 30.1 Å². The number of rotatable bonds is 0. The van der Waals surface area contributed by atoms with Crippen LogP contribution in [0.4, 0.5) is 0 Å². The van der Waals surface area contributed by atoms with Gasteiger partial charge in [0.15, 0.2) is 0 Å². The zero-order chi connectivity index (χ0) is 16.3. The van der Waals surface area contributed by atoms with Gasteiger partial charge in [0.2, 0.25) is 0 Å². The van der Waals surface area contributed by atoms with Crippen LogP contribution in [0.5, 0.6) is 0 Å². The molecule has 0 radical (unpaired) electrons. The van der Waals surface area contributed by atoms with E-state index < -0.39 is 0 Å². The van der Waals surface area contributed by atoms with Gasteiger partial charge in [-0.15, -0.1) is 0 Å². The van der Waals surface area contributed by atoms with Crippen LogP contribution in [0.25, 0.3) is 0 Å². The van der Waals surface area contributed by atoms with Gasteiger partial charge < -0.3 is 0 Å². The van der Waals surface area contributed by atoms with E-state index in [4.69, 9.17) is 69.6 Å². The fourth-order valence-electron chi connectivity index (χ4n) is 1.10. The predicted molar refractivity (Wildman–Crippen MR) is 121 cm³/mol. The molecule has 0 bridgehead atoms. The molecular formula is C12H3Cl6I3. The van der Waals surface area contributed by atoms with Gasteiger partial charge in [-0.2, -0.15) is 0 Å². The van der Waals surface area contributed by atoms with E-state index in [1.165, 1.54) is 0 Å². The molecular weight excluding hydrogens is 738 g/mol. The van der Waals surface area contributed by atoms with Crippen LogP contribution in [0, 0.1) is 10.7 Å². The molecule has 0 aliphatic heterocycles. The fraction of sp³-hybridized carbons (Fsp3) is 0. The van der Waals surface area contributed by atoms with Crippen molar-refractivity contribution >= 4 is 137 Å². The lowest BCUT2D eigenvalue weighted by atomic mass is 10.4. The molecule has 0 heterocycles. The molecule has 0 spiro atoms. The van der Waals surface area contributed by atoms with E-state index in [1.54, 1.807) is 18.2 Å².